The summed E-state index contributed by atoms with van der Waals surface area (Å²) in [5, 5.41) is 0. The highest BCUT2D eigenvalue weighted by atomic mass is 79.9. The van der Waals surface area contributed by atoms with E-state index in [4.69, 9.17) is 0 Å². The molecule has 0 bridgehead atoms. The van der Waals surface area contributed by atoms with Crippen molar-refractivity contribution in [1.29, 1.82) is 0 Å². The second kappa shape index (κ2) is 4.78. The van der Waals surface area contributed by atoms with E-state index in [1.807, 2.05) is 31.7 Å². The van der Waals surface area contributed by atoms with E-state index in [9.17, 15) is 4.39 Å². The molecule has 0 unspecified atom stereocenters. The molecule has 0 aromatic heterocycles. The molecule has 0 amide bonds. The van der Waals surface area contributed by atoms with Gasteiger partial charge in [-0.2, -0.15) is 0 Å². The summed E-state index contributed by atoms with van der Waals surface area (Å²) in [7, 11) is 0. The number of rotatable bonds is 3. The van der Waals surface area contributed by atoms with Crippen LogP contribution in [0.15, 0.2) is 16.6 Å². The molecule has 1 nitrogen and oxygen atoms in total. The molecule has 0 saturated heterocycles. The largest absolute Gasteiger partial charge is 0.370 e. The smallest absolute Gasteiger partial charge is 0.147 e. The number of hydrogen-bond donors (Lipinski definition) is 0. The number of halogens is 2. The van der Waals surface area contributed by atoms with Gasteiger partial charge in [-0.15, -0.1) is 0 Å². The molecule has 0 aliphatic carbocycles. The maximum Gasteiger partial charge on any atom is 0.147 e. The van der Waals surface area contributed by atoms with E-state index in [-0.39, 0.29) is 5.82 Å². The van der Waals surface area contributed by atoms with E-state index < -0.39 is 0 Å². The van der Waals surface area contributed by atoms with Gasteiger partial charge in [0.15, 0.2) is 0 Å². The second-order valence-electron chi connectivity index (χ2n) is 3.23. The first kappa shape index (κ1) is 11.5. The summed E-state index contributed by atoms with van der Waals surface area (Å²) >= 11 is 3.31. The maximum absolute atomic E-state index is 13.6. The number of benzene rings is 1. The summed E-state index contributed by atoms with van der Waals surface area (Å²) in [6.07, 6.45) is 0. The topological polar surface area (TPSA) is 3.24 Å². The molecule has 1 rings (SSSR count). The Morgan fingerprint density at radius 2 is 1.86 bits per heavy atom. The summed E-state index contributed by atoms with van der Waals surface area (Å²) in [6.45, 7) is 7.68. The lowest BCUT2D eigenvalue weighted by Gasteiger charge is -2.22. The van der Waals surface area contributed by atoms with Crippen LogP contribution >= 0.6 is 15.9 Å². The molecule has 0 fully saturated rings. The van der Waals surface area contributed by atoms with Crippen LogP contribution in [0.25, 0.3) is 0 Å². The van der Waals surface area contributed by atoms with Crippen molar-refractivity contribution < 1.29 is 4.39 Å². The van der Waals surface area contributed by atoms with Crippen LogP contribution in [0.1, 0.15) is 19.4 Å². The van der Waals surface area contributed by atoms with E-state index in [1.54, 1.807) is 0 Å². The fraction of sp³-hybridized carbons (Fsp3) is 0.455. The van der Waals surface area contributed by atoms with Crippen LogP contribution in [0.4, 0.5) is 10.1 Å². The molecule has 0 aliphatic heterocycles. The molecule has 14 heavy (non-hydrogen) atoms. The van der Waals surface area contributed by atoms with Crippen molar-refractivity contribution >= 4 is 21.6 Å². The molecule has 1 aromatic rings. The third kappa shape index (κ3) is 2.27. The Labute approximate surface area is 93.0 Å². The predicted octanol–water partition coefficient (Wildman–Crippen LogP) is 3.74. The second-order valence-corrected chi connectivity index (χ2v) is 4.08. The first-order valence-electron chi connectivity index (χ1n) is 4.80. The summed E-state index contributed by atoms with van der Waals surface area (Å²) in [5.74, 6) is -0.161. The average molecular weight is 260 g/mol. The van der Waals surface area contributed by atoms with Crippen molar-refractivity contribution in [1.82, 2.24) is 0 Å². The summed E-state index contributed by atoms with van der Waals surface area (Å²) in [5.41, 5.74) is 1.75. The van der Waals surface area contributed by atoms with Crippen molar-refractivity contribution in [3.8, 4) is 0 Å². The van der Waals surface area contributed by atoms with Crippen molar-refractivity contribution in [3.05, 3.63) is 28.0 Å². The fourth-order valence-corrected chi connectivity index (χ4v) is 1.76. The minimum absolute atomic E-state index is 0.161. The third-order valence-corrected chi connectivity index (χ3v) is 3.19. The van der Waals surface area contributed by atoms with Crippen LogP contribution in [0, 0.1) is 12.7 Å². The van der Waals surface area contributed by atoms with Crippen LogP contribution in [0.2, 0.25) is 0 Å². The molecule has 0 aliphatic rings. The van der Waals surface area contributed by atoms with Crippen LogP contribution in [0.3, 0.4) is 0 Å². The Balaban J connectivity index is 3.14. The zero-order valence-corrected chi connectivity index (χ0v) is 10.4. The molecule has 0 atom stereocenters. The molecule has 0 N–H and O–H groups in total. The van der Waals surface area contributed by atoms with E-state index >= 15 is 0 Å². The maximum atomic E-state index is 13.6. The molecule has 0 heterocycles. The van der Waals surface area contributed by atoms with Crippen molar-refractivity contribution in [2.24, 2.45) is 0 Å². The fourth-order valence-electron chi connectivity index (χ4n) is 1.45. The lowest BCUT2D eigenvalue weighted by Crippen LogP contribution is -2.23. The molecular weight excluding hydrogens is 245 g/mol. The Kier molecular flexibility index (Phi) is 3.93. The SMILES string of the molecule is CCN(CC)c1cc(C)c(Br)cc1F. The Morgan fingerprint density at radius 3 is 2.36 bits per heavy atom. The average Bonchev–Trinajstić information content (AvgIpc) is 2.15. The minimum Gasteiger partial charge on any atom is -0.370 e. The van der Waals surface area contributed by atoms with Crippen LogP contribution in [0.5, 0.6) is 0 Å². The van der Waals surface area contributed by atoms with Crippen LogP contribution in [-0.2, 0) is 0 Å². The summed E-state index contributed by atoms with van der Waals surface area (Å²) < 4.78 is 14.4. The monoisotopic (exact) mass is 259 g/mol. The van der Waals surface area contributed by atoms with Gasteiger partial charge in [-0.25, -0.2) is 4.39 Å². The standard InChI is InChI=1S/C11H15BrFN/c1-4-14(5-2)11-6-8(3)9(12)7-10(11)13/h6-7H,4-5H2,1-3H3. The van der Waals surface area contributed by atoms with Gasteiger partial charge in [0.05, 0.1) is 5.69 Å². The van der Waals surface area contributed by atoms with Crippen molar-refractivity contribution in [2.45, 2.75) is 20.8 Å². The van der Waals surface area contributed by atoms with Gasteiger partial charge < -0.3 is 4.90 Å². The van der Waals surface area contributed by atoms with Gasteiger partial charge in [0, 0.05) is 17.6 Å². The van der Waals surface area contributed by atoms with E-state index in [2.05, 4.69) is 15.9 Å². The molecule has 0 saturated carbocycles. The zero-order chi connectivity index (χ0) is 10.7. The molecule has 0 radical (unpaired) electrons. The normalized spacial score (nSPS) is 10.4. The predicted molar refractivity (Wildman–Crippen MR) is 62.4 cm³/mol. The van der Waals surface area contributed by atoms with Gasteiger partial charge in [-0.05, 0) is 38.5 Å². The first-order valence-corrected chi connectivity index (χ1v) is 5.60. The number of nitrogens with zero attached hydrogens (tertiary/aromatic N) is 1. The minimum atomic E-state index is -0.161. The Hall–Kier alpha value is -0.570. The van der Waals surface area contributed by atoms with Gasteiger partial charge >= 0.3 is 0 Å². The van der Waals surface area contributed by atoms with Gasteiger partial charge in [-0.3, -0.25) is 0 Å². The molecule has 78 valence electrons. The van der Waals surface area contributed by atoms with Gasteiger partial charge in [0.25, 0.3) is 0 Å². The Morgan fingerprint density at radius 1 is 1.29 bits per heavy atom. The van der Waals surface area contributed by atoms with Gasteiger partial charge in [-0.1, -0.05) is 15.9 Å². The molecule has 0 spiro atoms. The van der Waals surface area contributed by atoms with Crippen LogP contribution < -0.4 is 4.90 Å². The first-order chi connectivity index (χ1) is 6.60. The van der Waals surface area contributed by atoms with E-state index in [1.165, 1.54) is 6.07 Å². The number of aryl methyl sites for hydroxylation is 1. The lowest BCUT2D eigenvalue weighted by molar-refractivity contribution is 0.618. The van der Waals surface area contributed by atoms with Gasteiger partial charge in [0.1, 0.15) is 5.82 Å². The van der Waals surface area contributed by atoms with E-state index in [0.29, 0.717) is 5.69 Å². The quantitative estimate of drug-likeness (QED) is 0.800. The third-order valence-electron chi connectivity index (χ3n) is 2.33. The summed E-state index contributed by atoms with van der Waals surface area (Å²) in [4.78, 5) is 2.01. The highest BCUT2D eigenvalue weighted by Gasteiger charge is 2.10. The zero-order valence-electron chi connectivity index (χ0n) is 8.77. The molecule has 3 heteroatoms. The highest BCUT2D eigenvalue weighted by Crippen LogP contribution is 2.26. The van der Waals surface area contributed by atoms with Crippen molar-refractivity contribution in [2.75, 3.05) is 18.0 Å². The number of hydrogen-bond acceptors (Lipinski definition) is 1. The highest BCUT2D eigenvalue weighted by molar-refractivity contribution is 9.10. The molecular formula is C11H15BrFN. The molecule has 1 aromatic carbocycles. The van der Waals surface area contributed by atoms with Crippen molar-refractivity contribution in [3.63, 3.8) is 0 Å². The van der Waals surface area contributed by atoms with Crippen LogP contribution in [-0.4, -0.2) is 13.1 Å². The van der Waals surface area contributed by atoms with Gasteiger partial charge in [0.2, 0.25) is 0 Å². The Bertz CT molecular complexity index is 321. The summed E-state index contributed by atoms with van der Waals surface area (Å²) in [6, 6.07) is 3.41. The number of anilines is 1. The lowest BCUT2D eigenvalue weighted by atomic mass is 10.2. The van der Waals surface area contributed by atoms with E-state index in [0.717, 1.165) is 23.1 Å².